The van der Waals surface area contributed by atoms with Gasteiger partial charge in [-0.3, -0.25) is 4.79 Å². The minimum atomic E-state index is -0.692. The molecule has 1 amide bonds. The zero-order valence-corrected chi connectivity index (χ0v) is 19.7. The zero-order chi connectivity index (χ0) is 24.5. The minimum Gasteiger partial charge on any atom is -0.454 e. The number of hydrogen-bond acceptors (Lipinski definition) is 6. The summed E-state index contributed by atoms with van der Waals surface area (Å²) in [6.07, 6.45) is -0.0243. The standard InChI is InChI=1S/C25H18BrN3O6/c26-17-10-19-20(29-25(33)28-19)11-18(17)27-22(30)12-34-23(31)14-6-7-16-15(8-14)9-21(35-24(16)32)13-4-2-1-3-5-13/h1-8,10-11,21H,9,12H2,(H,27,30)(H2,28,29,33)/t21-/m1/s1. The first-order valence-electron chi connectivity index (χ1n) is 10.6. The Morgan fingerprint density at radius 1 is 1.03 bits per heavy atom. The van der Waals surface area contributed by atoms with Gasteiger partial charge in [-0.2, -0.15) is 0 Å². The highest BCUT2D eigenvalue weighted by molar-refractivity contribution is 9.10. The predicted molar refractivity (Wildman–Crippen MR) is 130 cm³/mol. The molecule has 1 atom stereocenters. The van der Waals surface area contributed by atoms with E-state index in [1.54, 1.807) is 18.2 Å². The maximum Gasteiger partial charge on any atom is 0.339 e. The van der Waals surface area contributed by atoms with Gasteiger partial charge in [-0.1, -0.05) is 30.3 Å². The molecule has 35 heavy (non-hydrogen) atoms. The summed E-state index contributed by atoms with van der Waals surface area (Å²) < 4.78 is 11.3. The van der Waals surface area contributed by atoms with E-state index in [0.717, 1.165) is 5.56 Å². The molecule has 3 aromatic carbocycles. The van der Waals surface area contributed by atoms with E-state index in [2.05, 4.69) is 31.2 Å². The van der Waals surface area contributed by atoms with Crippen LogP contribution in [0.2, 0.25) is 0 Å². The lowest BCUT2D eigenvalue weighted by atomic mass is 9.93. The van der Waals surface area contributed by atoms with Crippen LogP contribution in [0.3, 0.4) is 0 Å². The Balaban J connectivity index is 1.25. The fraction of sp³-hybridized carbons (Fsp3) is 0.120. The van der Waals surface area contributed by atoms with Gasteiger partial charge in [-0.15, -0.1) is 0 Å². The van der Waals surface area contributed by atoms with Crippen molar-refractivity contribution < 1.29 is 23.9 Å². The minimum absolute atomic E-state index is 0.227. The molecule has 10 heteroatoms. The number of rotatable bonds is 5. The predicted octanol–water partition coefficient (Wildman–Crippen LogP) is 3.87. The number of benzene rings is 3. The second kappa shape index (κ2) is 9.22. The van der Waals surface area contributed by atoms with Crippen LogP contribution >= 0.6 is 15.9 Å². The van der Waals surface area contributed by atoms with E-state index in [4.69, 9.17) is 9.47 Å². The van der Waals surface area contributed by atoms with Crippen molar-refractivity contribution in [1.82, 2.24) is 9.97 Å². The van der Waals surface area contributed by atoms with Crippen molar-refractivity contribution >= 4 is 50.5 Å². The summed E-state index contributed by atoms with van der Waals surface area (Å²) >= 11 is 3.34. The Morgan fingerprint density at radius 2 is 1.77 bits per heavy atom. The Kier molecular flexibility index (Phi) is 5.96. The van der Waals surface area contributed by atoms with Gasteiger partial charge in [0.15, 0.2) is 6.61 Å². The number of halogens is 1. The number of hydrogen-bond donors (Lipinski definition) is 3. The summed E-state index contributed by atoms with van der Waals surface area (Å²) in [5.41, 5.74) is 3.31. The molecule has 0 aliphatic carbocycles. The number of esters is 2. The maximum absolute atomic E-state index is 12.6. The van der Waals surface area contributed by atoms with Crippen LogP contribution in [-0.2, 0) is 20.7 Å². The Hall–Kier alpha value is -4.18. The number of anilines is 1. The highest BCUT2D eigenvalue weighted by atomic mass is 79.9. The average molecular weight is 536 g/mol. The molecule has 3 N–H and O–H groups in total. The van der Waals surface area contributed by atoms with Crippen LogP contribution in [-0.4, -0.2) is 34.4 Å². The van der Waals surface area contributed by atoms with Crippen molar-refractivity contribution in [2.24, 2.45) is 0 Å². The average Bonchev–Trinajstić information content (AvgIpc) is 3.21. The van der Waals surface area contributed by atoms with Gasteiger partial charge in [0.25, 0.3) is 5.91 Å². The van der Waals surface area contributed by atoms with Crippen LogP contribution in [0.1, 0.15) is 37.9 Å². The van der Waals surface area contributed by atoms with Crippen molar-refractivity contribution in [3.05, 3.63) is 97.9 Å². The molecular formula is C25H18BrN3O6. The second-order valence-electron chi connectivity index (χ2n) is 7.96. The lowest BCUT2D eigenvalue weighted by Gasteiger charge is -2.25. The number of H-pyrrole nitrogens is 2. The Bertz CT molecular complexity index is 1530. The SMILES string of the molecule is O=C(COC(=O)c1ccc2c(c1)C[C@H](c1ccccc1)OC2=O)Nc1cc2[nH]c(=O)[nH]c2cc1Br. The zero-order valence-electron chi connectivity index (χ0n) is 18.1. The lowest BCUT2D eigenvalue weighted by molar-refractivity contribution is -0.119. The number of cyclic esters (lactones) is 1. The number of carbonyl (C=O) groups is 3. The van der Waals surface area contributed by atoms with Crippen LogP contribution in [0.25, 0.3) is 11.0 Å². The monoisotopic (exact) mass is 535 g/mol. The highest BCUT2D eigenvalue weighted by Crippen LogP contribution is 2.31. The fourth-order valence-electron chi connectivity index (χ4n) is 3.93. The van der Waals surface area contributed by atoms with Crippen molar-refractivity contribution in [2.45, 2.75) is 12.5 Å². The number of amides is 1. The van der Waals surface area contributed by atoms with Crippen molar-refractivity contribution in [3.8, 4) is 0 Å². The van der Waals surface area contributed by atoms with Gasteiger partial charge in [0.2, 0.25) is 0 Å². The number of ether oxygens (including phenoxy) is 2. The number of carbonyl (C=O) groups excluding carboxylic acids is 3. The molecule has 1 aliphatic rings. The van der Waals surface area contributed by atoms with Crippen LogP contribution in [0.15, 0.2) is 69.9 Å². The third-order valence-corrected chi connectivity index (χ3v) is 6.25. The third-order valence-electron chi connectivity index (χ3n) is 5.60. The smallest absolute Gasteiger partial charge is 0.339 e. The first kappa shape index (κ1) is 22.6. The van der Waals surface area contributed by atoms with Gasteiger partial charge in [-0.05, 0) is 57.4 Å². The van der Waals surface area contributed by atoms with Crippen LogP contribution in [0, 0.1) is 0 Å². The molecule has 1 aromatic heterocycles. The fourth-order valence-corrected chi connectivity index (χ4v) is 4.37. The Morgan fingerprint density at radius 3 is 2.54 bits per heavy atom. The topological polar surface area (TPSA) is 130 Å². The summed E-state index contributed by atoms with van der Waals surface area (Å²) in [6.45, 7) is -0.515. The van der Waals surface area contributed by atoms with E-state index in [0.29, 0.717) is 38.7 Å². The number of fused-ring (bicyclic) bond motifs is 2. The van der Waals surface area contributed by atoms with Gasteiger partial charge in [0.1, 0.15) is 6.10 Å². The first-order valence-corrected chi connectivity index (χ1v) is 11.4. The molecule has 0 spiro atoms. The summed E-state index contributed by atoms with van der Waals surface area (Å²) in [4.78, 5) is 54.1. The quantitative estimate of drug-likeness (QED) is 0.332. The van der Waals surface area contributed by atoms with E-state index in [9.17, 15) is 19.2 Å². The molecule has 0 saturated carbocycles. The van der Waals surface area contributed by atoms with Crippen molar-refractivity contribution in [1.29, 1.82) is 0 Å². The van der Waals surface area contributed by atoms with E-state index in [1.807, 2.05) is 30.3 Å². The third kappa shape index (κ3) is 4.73. The molecule has 5 rings (SSSR count). The van der Waals surface area contributed by atoms with E-state index in [1.165, 1.54) is 12.1 Å². The highest BCUT2D eigenvalue weighted by Gasteiger charge is 2.28. The molecular weight excluding hydrogens is 518 g/mol. The first-order chi connectivity index (χ1) is 16.9. The lowest BCUT2D eigenvalue weighted by Crippen LogP contribution is -2.23. The summed E-state index contributed by atoms with van der Waals surface area (Å²) in [5.74, 6) is -1.70. The molecule has 0 bridgehead atoms. The van der Waals surface area contributed by atoms with Gasteiger partial charge >= 0.3 is 17.6 Å². The summed E-state index contributed by atoms with van der Waals surface area (Å²) in [6, 6.07) is 17.2. The van der Waals surface area contributed by atoms with Gasteiger partial charge in [0, 0.05) is 10.9 Å². The van der Waals surface area contributed by atoms with Crippen LogP contribution in [0.4, 0.5) is 5.69 Å². The number of aromatic amines is 2. The van der Waals surface area contributed by atoms with E-state index >= 15 is 0 Å². The van der Waals surface area contributed by atoms with Crippen molar-refractivity contribution in [2.75, 3.05) is 11.9 Å². The van der Waals surface area contributed by atoms with Crippen molar-refractivity contribution in [3.63, 3.8) is 0 Å². The van der Waals surface area contributed by atoms with Gasteiger partial charge < -0.3 is 24.8 Å². The van der Waals surface area contributed by atoms with Gasteiger partial charge in [-0.25, -0.2) is 14.4 Å². The summed E-state index contributed by atoms with van der Waals surface area (Å²) in [5, 5.41) is 2.64. The molecule has 0 saturated heterocycles. The molecule has 0 unspecified atom stereocenters. The number of nitrogens with one attached hydrogen (secondary N) is 3. The second-order valence-corrected chi connectivity index (χ2v) is 8.82. The molecule has 9 nitrogen and oxygen atoms in total. The molecule has 176 valence electrons. The van der Waals surface area contributed by atoms with Crippen LogP contribution < -0.4 is 11.0 Å². The van der Waals surface area contributed by atoms with Crippen LogP contribution in [0.5, 0.6) is 0 Å². The molecule has 2 heterocycles. The normalized spacial score (nSPS) is 14.8. The van der Waals surface area contributed by atoms with Gasteiger partial charge in [0.05, 0.1) is 27.8 Å². The number of imidazole rings is 1. The summed E-state index contributed by atoms with van der Waals surface area (Å²) in [7, 11) is 0. The Labute approximate surface area is 206 Å². The largest absolute Gasteiger partial charge is 0.454 e. The number of aromatic nitrogens is 2. The maximum atomic E-state index is 12.6. The molecule has 0 radical (unpaired) electrons. The van der Waals surface area contributed by atoms with E-state index < -0.39 is 30.6 Å². The molecule has 0 fully saturated rings. The molecule has 4 aromatic rings. The molecule has 1 aliphatic heterocycles. The van der Waals surface area contributed by atoms with E-state index in [-0.39, 0.29) is 11.3 Å².